The van der Waals surface area contributed by atoms with Gasteiger partial charge in [-0.05, 0) is 19.8 Å². The van der Waals surface area contributed by atoms with Gasteiger partial charge in [-0.3, -0.25) is 4.79 Å². The molecule has 3 N–H and O–H groups in total. The van der Waals surface area contributed by atoms with E-state index in [1.807, 2.05) is 6.92 Å². The molecule has 0 aromatic rings. The molecule has 0 aromatic heterocycles. The Morgan fingerprint density at radius 2 is 2.12 bits per heavy atom. The fourth-order valence-corrected chi connectivity index (χ4v) is 3.83. The number of carboxylic acids is 1. The summed E-state index contributed by atoms with van der Waals surface area (Å²) < 4.78 is 0. The van der Waals surface area contributed by atoms with Crippen molar-refractivity contribution in [2.45, 2.75) is 43.6 Å². The molecule has 0 radical (unpaired) electrons. The van der Waals surface area contributed by atoms with Crippen LogP contribution < -0.4 is 5.73 Å². The molecule has 4 unspecified atom stereocenters. The molecule has 4 atom stereocenters. The third-order valence-corrected chi connectivity index (χ3v) is 4.87. The highest BCUT2D eigenvalue weighted by atomic mass is 32.2. The number of carboxylic acid groups (broad SMARTS) is 1. The van der Waals surface area contributed by atoms with E-state index in [4.69, 9.17) is 10.8 Å². The first-order chi connectivity index (χ1) is 8.02. The van der Waals surface area contributed by atoms with E-state index in [9.17, 15) is 9.59 Å². The van der Waals surface area contributed by atoms with Crippen LogP contribution in [0.5, 0.6) is 0 Å². The average Bonchev–Trinajstić information content (AvgIpc) is 2.83. The standard InChI is InChI=1S/C11H18N2O3S/c1-6-13(9(5-17-6)11(15)16)10(14)7-3-2-4-8(7)12/h6-9H,2-5,12H2,1H3,(H,15,16). The van der Waals surface area contributed by atoms with E-state index in [2.05, 4.69) is 0 Å². The number of amides is 1. The summed E-state index contributed by atoms with van der Waals surface area (Å²) >= 11 is 1.51. The Bertz CT molecular complexity index is 337. The van der Waals surface area contributed by atoms with E-state index in [-0.39, 0.29) is 23.2 Å². The summed E-state index contributed by atoms with van der Waals surface area (Å²) in [5.41, 5.74) is 5.91. The molecule has 17 heavy (non-hydrogen) atoms. The largest absolute Gasteiger partial charge is 0.480 e. The smallest absolute Gasteiger partial charge is 0.327 e. The highest BCUT2D eigenvalue weighted by Gasteiger charge is 2.43. The Morgan fingerprint density at radius 1 is 1.41 bits per heavy atom. The van der Waals surface area contributed by atoms with Crippen LogP contribution in [0.15, 0.2) is 0 Å². The zero-order valence-electron chi connectivity index (χ0n) is 9.83. The second-order valence-corrected chi connectivity index (χ2v) is 6.08. The fraction of sp³-hybridized carbons (Fsp3) is 0.818. The number of hydrogen-bond acceptors (Lipinski definition) is 4. The van der Waals surface area contributed by atoms with E-state index < -0.39 is 12.0 Å². The van der Waals surface area contributed by atoms with Gasteiger partial charge in [0.15, 0.2) is 0 Å². The minimum absolute atomic E-state index is 0.0589. The third-order valence-electron chi connectivity index (χ3n) is 3.65. The Balaban J connectivity index is 2.13. The highest BCUT2D eigenvalue weighted by molar-refractivity contribution is 8.00. The van der Waals surface area contributed by atoms with Gasteiger partial charge in [-0.1, -0.05) is 6.42 Å². The molecule has 0 aromatic carbocycles. The molecule has 1 saturated carbocycles. The lowest BCUT2D eigenvalue weighted by Crippen LogP contribution is -2.49. The Hall–Kier alpha value is -0.750. The molecule has 0 bridgehead atoms. The summed E-state index contributed by atoms with van der Waals surface area (Å²) in [6.45, 7) is 1.88. The summed E-state index contributed by atoms with van der Waals surface area (Å²) in [6, 6.07) is -0.787. The van der Waals surface area contributed by atoms with Crippen LogP contribution in [0.4, 0.5) is 0 Å². The summed E-state index contributed by atoms with van der Waals surface area (Å²) in [6.07, 6.45) is 2.62. The molecule has 0 spiro atoms. The van der Waals surface area contributed by atoms with Crippen LogP contribution >= 0.6 is 11.8 Å². The lowest BCUT2D eigenvalue weighted by atomic mass is 10.0. The van der Waals surface area contributed by atoms with Gasteiger partial charge in [0.1, 0.15) is 6.04 Å². The number of aliphatic carboxylic acids is 1. The van der Waals surface area contributed by atoms with E-state index in [1.165, 1.54) is 16.7 Å². The molecule has 96 valence electrons. The van der Waals surface area contributed by atoms with Crippen LogP contribution in [0.3, 0.4) is 0 Å². The fourth-order valence-electron chi connectivity index (χ4n) is 2.65. The van der Waals surface area contributed by atoms with Crippen LogP contribution in [0.25, 0.3) is 0 Å². The lowest BCUT2D eigenvalue weighted by molar-refractivity contribution is -0.150. The van der Waals surface area contributed by atoms with Gasteiger partial charge in [-0.15, -0.1) is 11.8 Å². The molecule has 2 aliphatic rings. The number of hydrogen-bond donors (Lipinski definition) is 2. The van der Waals surface area contributed by atoms with E-state index in [1.54, 1.807) is 0 Å². The van der Waals surface area contributed by atoms with Crippen molar-refractivity contribution in [3.63, 3.8) is 0 Å². The predicted octanol–water partition coefficient (Wildman–Crippen LogP) is 0.488. The van der Waals surface area contributed by atoms with Crippen LogP contribution in [-0.2, 0) is 9.59 Å². The van der Waals surface area contributed by atoms with Gasteiger partial charge < -0.3 is 15.7 Å². The maximum Gasteiger partial charge on any atom is 0.327 e. The molecule has 5 nitrogen and oxygen atoms in total. The molecule has 1 aliphatic heterocycles. The molecule has 1 aliphatic carbocycles. The van der Waals surface area contributed by atoms with Crippen molar-refractivity contribution in [1.29, 1.82) is 0 Å². The first-order valence-electron chi connectivity index (χ1n) is 5.94. The van der Waals surface area contributed by atoms with E-state index >= 15 is 0 Å². The molecule has 1 heterocycles. The number of carbonyl (C=O) groups excluding carboxylic acids is 1. The quantitative estimate of drug-likeness (QED) is 0.753. The number of nitrogens with two attached hydrogens (primary N) is 1. The molecule has 2 fully saturated rings. The van der Waals surface area contributed by atoms with Crippen LogP contribution in [0.1, 0.15) is 26.2 Å². The highest BCUT2D eigenvalue weighted by Crippen LogP contribution is 2.34. The maximum atomic E-state index is 12.4. The number of thioether (sulfide) groups is 1. The summed E-state index contributed by atoms with van der Waals surface area (Å²) in [5, 5.41) is 9.06. The van der Waals surface area contributed by atoms with Crippen molar-refractivity contribution < 1.29 is 14.7 Å². The monoisotopic (exact) mass is 258 g/mol. The van der Waals surface area contributed by atoms with Gasteiger partial charge in [0.2, 0.25) is 5.91 Å². The zero-order chi connectivity index (χ0) is 12.6. The van der Waals surface area contributed by atoms with Crippen molar-refractivity contribution in [2.75, 3.05) is 5.75 Å². The summed E-state index contributed by atoms with van der Waals surface area (Å²) in [4.78, 5) is 25.0. The molecular weight excluding hydrogens is 240 g/mol. The number of rotatable bonds is 2. The van der Waals surface area contributed by atoms with Crippen molar-refractivity contribution in [1.82, 2.24) is 4.90 Å². The number of nitrogens with zero attached hydrogens (tertiary/aromatic N) is 1. The molecule has 1 amide bonds. The molecule has 6 heteroatoms. The predicted molar refractivity (Wildman–Crippen MR) is 65.5 cm³/mol. The number of carbonyl (C=O) groups is 2. The SMILES string of the molecule is CC1SCC(C(=O)O)N1C(=O)C1CCCC1N. The van der Waals surface area contributed by atoms with Gasteiger partial charge in [-0.2, -0.15) is 0 Å². The minimum Gasteiger partial charge on any atom is -0.480 e. The van der Waals surface area contributed by atoms with E-state index in [0.717, 1.165) is 19.3 Å². The molecule has 1 saturated heterocycles. The second-order valence-electron chi connectivity index (χ2n) is 4.73. The average molecular weight is 258 g/mol. The Kier molecular flexibility index (Phi) is 3.63. The maximum absolute atomic E-state index is 12.4. The first kappa shape index (κ1) is 12.7. The van der Waals surface area contributed by atoms with Gasteiger partial charge in [0.25, 0.3) is 0 Å². The zero-order valence-corrected chi connectivity index (χ0v) is 10.7. The summed E-state index contributed by atoms with van der Waals surface area (Å²) in [7, 11) is 0. The topological polar surface area (TPSA) is 83.6 Å². The van der Waals surface area contributed by atoms with Crippen molar-refractivity contribution in [2.24, 2.45) is 11.7 Å². The van der Waals surface area contributed by atoms with Crippen molar-refractivity contribution >= 4 is 23.6 Å². The van der Waals surface area contributed by atoms with Crippen LogP contribution in [0.2, 0.25) is 0 Å². The third kappa shape index (κ3) is 2.28. The van der Waals surface area contributed by atoms with E-state index in [0.29, 0.717) is 5.75 Å². The van der Waals surface area contributed by atoms with Crippen molar-refractivity contribution in [3.8, 4) is 0 Å². The normalized spacial score (nSPS) is 37.4. The second kappa shape index (κ2) is 4.86. The van der Waals surface area contributed by atoms with Crippen LogP contribution in [0, 0.1) is 5.92 Å². The molecular formula is C11H18N2O3S. The Morgan fingerprint density at radius 3 is 2.65 bits per heavy atom. The lowest BCUT2D eigenvalue weighted by Gasteiger charge is -2.29. The van der Waals surface area contributed by atoms with Gasteiger partial charge in [0.05, 0.1) is 11.3 Å². The molecule has 2 rings (SSSR count). The van der Waals surface area contributed by atoms with Crippen molar-refractivity contribution in [3.05, 3.63) is 0 Å². The van der Waals surface area contributed by atoms with Gasteiger partial charge in [0, 0.05) is 11.8 Å². The van der Waals surface area contributed by atoms with Crippen LogP contribution in [-0.4, -0.2) is 45.1 Å². The Labute approximate surface area is 105 Å². The van der Waals surface area contributed by atoms with Gasteiger partial charge in [-0.25, -0.2) is 4.79 Å². The van der Waals surface area contributed by atoms with Gasteiger partial charge >= 0.3 is 5.97 Å². The minimum atomic E-state index is -0.915. The summed E-state index contributed by atoms with van der Waals surface area (Å²) in [5.74, 6) is -0.691. The first-order valence-corrected chi connectivity index (χ1v) is 6.99.